The molecule has 0 saturated carbocycles. The molecule has 0 aliphatic heterocycles. The number of aromatic nitrogens is 1. The quantitative estimate of drug-likeness (QED) is 0.407. The van der Waals surface area contributed by atoms with Crippen molar-refractivity contribution in [1.29, 1.82) is 0 Å². The molecule has 29 heavy (non-hydrogen) atoms. The minimum atomic E-state index is -0.229. The first-order valence-electron chi connectivity index (χ1n) is 8.97. The number of carbonyl (C=O) groups is 1. The molecule has 0 aliphatic carbocycles. The molecule has 0 aliphatic rings. The van der Waals surface area contributed by atoms with Crippen LogP contribution in [0.4, 0.5) is 5.69 Å². The predicted molar refractivity (Wildman–Crippen MR) is 119 cm³/mol. The van der Waals surface area contributed by atoms with E-state index in [1.165, 1.54) is 0 Å². The minimum Gasteiger partial charge on any atom is -0.484 e. The Morgan fingerprint density at radius 3 is 2.38 bits per heavy atom. The molecule has 144 valence electrons. The van der Waals surface area contributed by atoms with Gasteiger partial charge in [0.2, 0.25) is 0 Å². The molecule has 0 atom stereocenters. The highest BCUT2D eigenvalue weighted by Crippen LogP contribution is 2.29. The fraction of sp³-hybridized carbons (Fsp3) is 0.0435. The van der Waals surface area contributed by atoms with E-state index in [0.29, 0.717) is 16.5 Å². The number of nitrogens with zero attached hydrogens (tertiary/aromatic N) is 1. The van der Waals surface area contributed by atoms with Gasteiger partial charge in [0.1, 0.15) is 10.8 Å². The molecule has 4 aromatic rings. The summed E-state index contributed by atoms with van der Waals surface area (Å²) in [5.74, 6) is 0.366. The monoisotopic (exact) mass is 420 g/mol. The van der Waals surface area contributed by atoms with Crippen LogP contribution in [0.1, 0.15) is 0 Å². The van der Waals surface area contributed by atoms with Gasteiger partial charge in [-0.1, -0.05) is 54.1 Å². The van der Waals surface area contributed by atoms with Crippen molar-refractivity contribution < 1.29 is 9.53 Å². The average molecular weight is 421 g/mol. The molecule has 4 nitrogen and oxygen atoms in total. The van der Waals surface area contributed by atoms with Crippen LogP contribution in [0.15, 0.2) is 84.2 Å². The molecule has 0 fully saturated rings. The number of nitrogens with one attached hydrogen (secondary N) is 1. The number of carbonyl (C=O) groups excluding carboxylic acids is 1. The standard InChI is InChI=1S/C23H17ClN2O2S/c24-18-8-12-20(13-9-18)28-14-22(27)25-19-10-6-16(7-11-19)21-15-29-23(26-21)17-4-2-1-3-5-17/h1-13,15H,14H2,(H,25,27). The van der Waals surface area contributed by atoms with Crippen LogP contribution in [0.2, 0.25) is 5.02 Å². The van der Waals surface area contributed by atoms with E-state index in [0.717, 1.165) is 21.8 Å². The fourth-order valence-corrected chi connectivity index (χ4v) is 3.68. The van der Waals surface area contributed by atoms with Crippen LogP contribution in [-0.2, 0) is 4.79 Å². The smallest absolute Gasteiger partial charge is 0.262 e. The van der Waals surface area contributed by atoms with E-state index in [9.17, 15) is 4.79 Å². The van der Waals surface area contributed by atoms with E-state index in [2.05, 4.69) is 5.32 Å². The normalized spacial score (nSPS) is 10.5. The molecule has 0 radical (unpaired) electrons. The zero-order chi connectivity index (χ0) is 20.1. The Kier molecular flexibility index (Phi) is 5.89. The van der Waals surface area contributed by atoms with Crippen molar-refractivity contribution in [2.24, 2.45) is 0 Å². The fourth-order valence-electron chi connectivity index (χ4n) is 2.72. The Bertz CT molecular complexity index is 1090. The van der Waals surface area contributed by atoms with Gasteiger partial charge in [-0.05, 0) is 36.4 Å². The summed E-state index contributed by atoms with van der Waals surface area (Å²) >= 11 is 7.44. The molecule has 3 aromatic carbocycles. The second-order valence-electron chi connectivity index (χ2n) is 6.27. The minimum absolute atomic E-state index is 0.0735. The first kappa shape index (κ1) is 19.2. The number of amides is 1. The molecule has 6 heteroatoms. The van der Waals surface area contributed by atoms with Gasteiger partial charge < -0.3 is 10.1 Å². The maximum Gasteiger partial charge on any atom is 0.262 e. The highest BCUT2D eigenvalue weighted by Gasteiger charge is 2.08. The van der Waals surface area contributed by atoms with Gasteiger partial charge >= 0.3 is 0 Å². The summed E-state index contributed by atoms with van der Waals surface area (Å²) in [6.07, 6.45) is 0. The van der Waals surface area contributed by atoms with Crippen LogP contribution < -0.4 is 10.1 Å². The Morgan fingerprint density at radius 2 is 1.66 bits per heavy atom. The molecule has 0 unspecified atom stereocenters. The third-order valence-corrected chi connectivity index (χ3v) is 5.32. The van der Waals surface area contributed by atoms with Crippen LogP contribution >= 0.6 is 22.9 Å². The van der Waals surface area contributed by atoms with Crippen molar-refractivity contribution in [2.75, 3.05) is 11.9 Å². The molecule has 0 bridgehead atoms. The van der Waals surface area contributed by atoms with E-state index in [4.69, 9.17) is 21.3 Å². The lowest BCUT2D eigenvalue weighted by atomic mass is 10.1. The number of ether oxygens (including phenoxy) is 1. The number of halogens is 1. The second kappa shape index (κ2) is 8.90. The summed E-state index contributed by atoms with van der Waals surface area (Å²) in [5, 5.41) is 6.47. The molecule has 1 aromatic heterocycles. The topological polar surface area (TPSA) is 51.2 Å². The summed E-state index contributed by atoms with van der Waals surface area (Å²) in [5.41, 5.74) is 3.72. The van der Waals surface area contributed by atoms with Gasteiger partial charge in [-0.15, -0.1) is 11.3 Å². The van der Waals surface area contributed by atoms with E-state index < -0.39 is 0 Å². The van der Waals surface area contributed by atoms with Gasteiger partial charge in [0, 0.05) is 27.2 Å². The van der Waals surface area contributed by atoms with E-state index in [-0.39, 0.29) is 12.5 Å². The molecule has 1 N–H and O–H groups in total. The van der Waals surface area contributed by atoms with Gasteiger partial charge in [-0.2, -0.15) is 0 Å². The van der Waals surface area contributed by atoms with Crippen molar-refractivity contribution in [2.45, 2.75) is 0 Å². The van der Waals surface area contributed by atoms with Crippen LogP contribution in [0.5, 0.6) is 5.75 Å². The second-order valence-corrected chi connectivity index (χ2v) is 7.57. The van der Waals surface area contributed by atoms with Crippen molar-refractivity contribution in [3.63, 3.8) is 0 Å². The van der Waals surface area contributed by atoms with E-state index in [1.807, 2.05) is 60.0 Å². The summed E-state index contributed by atoms with van der Waals surface area (Å²) < 4.78 is 5.45. The summed E-state index contributed by atoms with van der Waals surface area (Å²) in [6, 6.07) is 24.6. The van der Waals surface area contributed by atoms with Crippen molar-refractivity contribution in [3.05, 3.63) is 89.3 Å². The number of rotatable bonds is 6. The van der Waals surface area contributed by atoms with Crippen LogP contribution in [0.3, 0.4) is 0 Å². The number of benzene rings is 3. The van der Waals surface area contributed by atoms with Gasteiger partial charge in [-0.25, -0.2) is 4.98 Å². The Labute approximate surface area is 177 Å². The maximum atomic E-state index is 12.1. The van der Waals surface area contributed by atoms with E-state index >= 15 is 0 Å². The third-order valence-electron chi connectivity index (χ3n) is 4.17. The van der Waals surface area contributed by atoms with Crippen molar-refractivity contribution in [3.8, 4) is 27.6 Å². The number of thiazole rings is 1. The molecule has 4 rings (SSSR count). The molecule has 0 spiro atoms. The number of hydrogen-bond donors (Lipinski definition) is 1. The van der Waals surface area contributed by atoms with Gasteiger partial charge in [0.25, 0.3) is 5.91 Å². The van der Waals surface area contributed by atoms with Gasteiger partial charge in [-0.3, -0.25) is 4.79 Å². The Balaban J connectivity index is 1.36. The first-order valence-corrected chi connectivity index (χ1v) is 10.2. The van der Waals surface area contributed by atoms with Crippen molar-refractivity contribution >= 4 is 34.5 Å². The SMILES string of the molecule is O=C(COc1ccc(Cl)cc1)Nc1ccc(-c2csc(-c3ccccc3)n2)cc1. The number of anilines is 1. The maximum absolute atomic E-state index is 12.1. The lowest BCUT2D eigenvalue weighted by molar-refractivity contribution is -0.118. The van der Waals surface area contributed by atoms with Crippen molar-refractivity contribution in [1.82, 2.24) is 4.98 Å². The van der Waals surface area contributed by atoms with E-state index in [1.54, 1.807) is 35.6 Å². The summed E-state index contributed by atoms with van der Waals surface area (Å²) in [4.78, 5) is 16.8. The molecule has 0 saturated heterocycles. The van der Waals surface area contributed by atoms with Crippen LogP contribution in [-0.4, -0.2) is 17.5 Å². The average Bonchev–Trinajstić information content (AvgIpc) is 3.25. The van der Waals surface area contributed by atoms with Gasteiger partial charge in [0.05, 0.1) is 5.69 Å². The predicted octanol–water partition coefficient (Wildman–Crippen LogP) is 6.15. The Hall–Kier alpha value is -3.15. The largest absolute Gasteiger partial charge is 0.484 e. The lowest BCUT2D eigenvalue weighted by Gasteiger charge is -2.08. The molecule has 1 amide bonds. The molecule has 1 heterocycles. The lowest BCUT2D eigenvalue weighted by Crippen LogP contribution is -2.20. The highest BCUT2D eigenvalue weighted by atomic mass is 35.5. The van der Waals surface area contributed by atoms with Crippen LogP contribution in [0.25, 0.3) is 21.8 Å². The molecular weight excluding hydrogens is 404 g/mol. The molecular formula is C23H17ClN2O2S. The summed E-state index contributed by atoms with van der Waals surface area (Å²) in [6.45, 7) is -0.0735. The summed E-state index contributed by atoms with van der Waals surface area (Å²) in [7, 11) is 0. The third kappa shape index (κ3) is 5.02. The first-order chi connectivity index (χ1) is 14.2. The zero-order valence-electron chi connectivity index (χ0n) is 15.3. The number of hydrogen-bond acceptors (Lipinski definition) is 4. The Morgan fingerprint density at radius 1 is 0.931 bits per heavy atom. The zero-order valence-corrected chi connectivity index (χ0v) is 16.9. The highest BCUT2D eigenvalue weighted by molar-refractivity contribution is 7.13. The van der Waals surface area contributed by atoms with Gasteiger partial charge in [0.15, 0.2) is 6.61 Å². The van der Waals surface area contributed by atoms with Crippen LogP contribution in [0, 0.1) is 0 Å².